The summed E-state index contributed by atoms with van der Waals surface area (Å²) in [5, 5.41) is 18.2. The van der Waals surface area contributed by atoms with Gasteiger partial charge in [0.1, 0.15) is 5.82 Å². The van der Waals surface area contributed by atoms with Crippen LogP contribution in [0.1, 0.15) is 17.2 Å². The van der Waals surface area contributed by atoms with Crippen molar-refractivity contribution in [1.29, 1.82) is 0 Å². The molecule has 1 unspecified atom stereocenters. The van der Waals surface area contributed by atoms with E-state index < -0.39 is 29.6 Å². The van der Waals surface area contributed by atoms with Gasteiger partial charge in [0.25, 0.3) is 0 Å². The Kier molecular flexibility index (Phi) is 4.18. The Morgan fingerprint density at radius 2 is 1.64 bits per heavy atom. The number of carboxylic acid groups (broad SMARTS) is 1. The standard InChI is InChI=1S/C15H10F4O3/c16-10-4-1-8(2-5-10)11-7-9(13(20)14(21)22)3-6-12(11)15(17,18)19/h1-7,13,20H,(H,21,22). The van der Waals surface area contributed by atoms with Crippen molar-refractivity contribution in [3.05, 3.63) is 59.4 Å². The normalized spacial score (nSPS) is 13.0. The average Bonchev–Trinajstić information content (AvgIpc) is 2.45. The third-order valence-electron chi connectivity index (χ3n) is 3.05. The maximum absolute atomic E-state index is 13.1. The molecule has 0 aliphatic carbocycles. The molecule has 0 heterocycles. The minimum Gasteiger partial charge on any atom is -0.479 e. The summed E-state index contributed by atoms with van der Waals surface area (Å²) in [6.45, 7) is 0. The highest BCUT2D eigenvalue weighted by atomic mass is 19.4. The highest BCUT2D eigenvalue weighted by Gasteiger charge is 2.34. The van der Waals surface area contributed by atoms with E-state index in [0.29, 0.717) is 6.07 Å². The average molecular weight is 314 g/mol. The number of aliphatic carboxylic acids is 1. The summed E-state index contributed by atoms with van der Waals surface area (Å²) in [5.74, 6) is -2.19. The molecular weight excluding hydrogens is 304 g/mol. The third-order valence-corrected chi connectivity index (χ3v) is 3.05. The van der Waals surface area contributed by atoms with Crippen molar-refractivity contribution in [2.45, 2.75) is 12.3 Å². The Morgan fingerprint density at radius 1 is 1.05 bits per heavy atom. The SMILES string of the molecule is O=C(O)C(O)c1ccc(C(F)(F)F)c(-c2ccc(F)cc2)c1. The van der Waals surface area contributed by atoms with E-state index in [0.717, 1.165) is 36.4 Å². The van der Waals surface area contributed by atoms with Gasteiger partial charge in [0.2, 0.25) is 0 Å². The largest absolute Gasteiger partial charge is 0.479 e. The molecule has 2 aromatic rings. The van der Waals surface area contributed by atoms with Crippen molar-refractivity contribution in [2.75, 3.05) is 0 Å². The summed E-state index contributed by atoms with van der Waals surface area (Å²) in [7, 11) is 0. The number of aliphatic hydroxyl groups excluding tert-OH is 1. The van der Waals surface area contributed by atoms with Crippen LogP contribution >= 0.6 is 0 Å². The molecule has 116 valence electrons. The van der Waals surface area contributed by atoms with Crippen LogP contribution in [0.25, 0.3) is 11.1 Å². The monoisotopic (exact) mass is 314 g/mol. The molecule has 0 aliphatic rings. The molecule has 0 amide bonds. The van der Waals surface area contributed by atoms with E-state index in [1.54, 1.807) is 0 Å². The molecule has 2 N–H and O–H groups in total. The van der Waals surface area contributed by atoms with Crippen LogP contribution in [-0.4, -0.2) is 16.2 Å². The molecule has 22 heavy (non-hydrogen) atoms. The van der Waals surface area contributed by atoms with Crippen molar-refractivity contribution >= 4 is 5.97 Å². The smallest absolute Gasteiger partial charge is 0.417 e. The molecule has 2 aromatic carbocycles. The van der Waals surface area contributed by atoms with Gasteiger partial charge in [-0.25, -0.2) is 9.18 Å². The zero-order chi connectivity index (χ0) is 16.5. The third kappa shape index (κ3) is 3.25. The lowest BCUT2D eigenvalue weighted by Gasteiger charge is -2.16. The molecular formula is C15H10F4O3. The fourth-order valence-corrected chi connectivity index (χ4v) is 1.99. The Labute approximate surface area is 122 Å². The Morgan fingerprint density at radius 3 is 2.14 bits per heavy atom. The molecule has 0 fully saturated rings. The predicted molar refractivity (Wildman–Crippen MR) is 69.4 cm³/mol. The summed E-state index contributed by atoms with van der Waals surface area (Å²) in [6, 6.07) is 6.82. The van der Waals surface area contributed by atoms with Crippen molar-refractivity contribution < 1.29 is 32.6 Å². The van der Waals surface area contributed by atoms with Crippen LogP contribution in [0.3, 0.4) is 0 Å². The molecule has 0 saturated heterocycles. The number of halogens is 4. The maximum atomic E-state index is 13.1. The summed E-state index contributed by atoms with van der Waals surface area (Å²) < 4.78 is 52.1. The highest BCUT2D eigenvalue weighted by Crippen LogP contribution is 2.38. The van der Waals surface area contributed by atoms with Crippen LogP contribution in [0.15, 0.2) is 42.5 Å². The topological polar surface area (TPSA) is 57.5 Å². The predicted octanol–water partition coefficient (Wildman–Crippen LogP) is 3.63. The zero-order valence-corrected chi connectivity index (χ0v) is 10.9. The lowest BCUT2D eigenvalue weighted by molar-refractivity contribution is -0.146. The number of hydrogen-bond donors (Lipinski definition) is 2. The number of aliphatic hydroxyl groups is 1. The minimum absolute atomic E-state index is 0.0631. The van der Waals surface area contributed by atoms with E-state index in [-0.39, 0.29) is 16.7 Å². The van der Waals surface area contributed by atoms with Gasteiger partial charge in [-0.05, 0) is 41.0 Å². The number of hydrogen-bond acceptors (Lipinski definition) is 2. The molecule has 0 radical (unpaired) electrons. The van der Waals surface area contributed by atoms with E-state index in [2.05, 4.69) is 0 Å². The van der Waals surface area contributed by atoms with E-state index >= 15 is 0 Å². The second-order valence-electron chi connectivity index (χ2n) is 4.55. The second-order valence-corrected chi connectivity index (χ2v) is 4.55. The molecule has 0 aromatic heterocycles. The molecule has 0 aliphatic heterocycles. The Balaban J connectivity index is 2.63. The van der Waals surface area contributed by atoms with Crippen LogP contribution in [-0.2, 0) is 11.0 Å². The number of carbonyl (C=O) groups is 1. The van der Waals surface area contributed by atoms with Gasteiger partial charge in [-0.3, -0.25) is 0 Å². The second kappa shape index (κ2) is 5.76. The van der Waals surface area contributed by atoms with E-state index in [1.807, 2.05) is 0 Å². The maximum Gasteiger partial charge on any atom is 0.417 e. The van der Waals surface area contributed by atoms with Crippen molar-refractivity contribution in [3.8, 4) is 11.1 Å². The van der Waals surface area contributed by atoms with Crippen molar-refractivity contribution in [2.24, 2.45) is 0 Å². The molecule has 0 spiro atoms. The molecule has 3 nitrogen and oxygen atoms in total. The molecule has 1 atom stereocenters. The highest BCUT2D eigenvalue weighted by molar-refractivity contribution is 5.76. The Hall–Kier alpha value is -2.41. The first-order chi connectivity index (χ1) is 10.2. The van der Waals surface area contributed by atoms with Gasteiger partial charge in [0.05, 0.1) is 5.56 Å². The lowest BCUT2D eigenvalue weighted by atomic mass is 9.95. The minimum atomic E-state index is -4.67. The zero-order valence-electron chi connectivity index (χ0n) is 10.9. The summed E-state index contributed by atoms with van der Waals surface area (Å²) >= 11 is 0. The van der Waals surface area contributed by atoms with Gasteiger partial charge < -0.3 is 10.2 Å². The number of benzene rings is 2. The number of rotatable bonds is 3. The van der Waals surface area contributed by atoms with Crippen LogP contribution in [0, 0.1) is 5.82 Å². The van der Waals surface area contributed by atoms with Gasteiger partial charge in [-0.2, -0.15) is 13.2 Å². The number of carboxylic acids is 1. The van der Waals surface area contributed by atoms with Crippen LogP contribution in [0.2, 0.25) is 0 Å². The van der Waals surface area contributed by atoms with Gasteiger partial charge in [-0.1, -0.05) is 18.2 Å². The van der Waals surface area contributed by atoms with Crippen LogP contribution in [0.4, 0.5) is 17.6 Å². The fraction of sp³-hybridized carbons (Fsp3) is 0.133. The Bertz CT molecular complexity index is 693. The summed E-state index contributed by atoms with van der Waals surface area (Å²) in [4.78, 5) is 10.8. The van der Waals surface area contributed by atoms with Gasteiger partial charge in [0, 0.05) is 0 Å². The summed E-state index contributed by atoms with van der Waals surface area (Å²) in [6.07, 6.45) is -6.61. The molecule has 0 bridgehead atoms. The molecule has 7 heteroatoms. The van der Waals surface area contributed by atoms with Crippen LogP contribution in [0.5, 0.6) is 0 Å². The van der Waals surface area contributed by atoms with E-state index in [4.69, 9.17) is 5.11 Å². The quantitative estimate of drug-likeness (QED) is 0.851. The summed E-state index contributed by atoms with van der Waals surface area (Å²) in [5.41, 5.74) is -1.46. The van der Waals surface area contributed by atoms with Crippen molar-refractivity contribution in [1.82, 2.24) is 0 Å². The van der Waals surface area contributed by atoms with Gasteiger partial charge in [0.15, 0.2) is 6.10 Å². The van der Waals surface area contributed by atoms with Gasteiger partial charge >= 0.3 is 12.1 Å². The first kappa shape index (κ1) is 16.0. The first-order valence-corrected chi connectivity index (χ1v) is 6.08. The fourth-order valence-electron chi connectivity index (χ4n) is 1.99. The lowest BCUT2D eigenvalue weighted by Crippen LogP contribution is -2.13. The first-order valence-electron chi connectivity index (χ1n) is 6.08. The molecule has 0 saturated carbocycles. The van der Waals surface area contributed by atoms with Crippen molar-refractivity contribution in [3.63, 3.8) is 0 Å². The number of alkyl halides is 3. The van der Waals surface area contributed by atoms with E-state index in [1.165, 1.54) is 0 Å². The van der Waals surface area contributed by atoms with Crippen LogP contribution < -0.4 is 0 Å². The van der Waals surface area contributed by atoms with E-state index in [9.17, 15) is 27.5 Å². The van der Waals surface area contributed by atoms with Gasteiger partial charge in [-0.15, -0.1) is 0 Å². The molecule has 2 rings (SSSR count).